The molecule has 0 aliphatic rings. The Morgan fingerprint density at radius 1 is 1.35 bits per heavy atom. The van der Waals surface area contributed by atoms with Crippen LogP contribution in [0.4, 0.5) is 5.69 Å². The van der Waals surface area contributed by atoms with Gasteiger partial charge in [0.15, 0.2) is 0 Å². The molecule has 17 heavy (non-hydrogen) atoms. The van der Waals surface area contributed by atoms with Crippen LogP contribution < -0.4 is 10.6 Å². The number of hydrogen-bond donors (Lipinski definition) is 2. The van der Waals surface area contributed by atoms with Gasteiger partial charge in [0.05, 0.1) is 0 Å². The Kier molecular flexibility index (Phi) is 4.12. The fourth-order valence-electron chi connectivity index (χ4n) is 1.83. The third-order valence-electron chi connectivity index (χ3n) is 3.23. The van der Waals surface area contributed by atoms with E-state index < -0.39 is 12.0 Å². The third kappa shape index (κ3) is 2.97. The molecule has 0 radical (unpaired) electrons. The first kappa shape index (κ1) is 13.5. The lowest BCUT2D eigenvalue weighted by Gasteiger charge is -2.24. The summed E-state index contributed by atoms with van der Waals surface area (Å²) in [6, 6.07) is 3.19. The first-order valence-electron chi connectivity index (χ1n) is 5.61. The van der Waals surface area contributed by atoms with Crippen LogP contribution in [-0.2, 0) is 4.79 Å². The van der Waals surface area contributed by atoms with Gasteiger partial charge in [0, 0.05) is 19.3 Å². The highest BCUT2D eigenvalue weighted by molar-refractivity contribution is 5.74. The average molecular weight is 236 g/mol. The minimum absolute atomic E-state index is 0.304. The summed E-state index contributed by atoms with van der Waals surface area (Å²) in [6.07, 6.45) is 0. The van der Waals surface area contributed by atoms with Gasteiger partial charge < -0.3 is 15.7 Å². The maximum absolute atomic E-state index is 10.7. The van der Waals surface area contributed by atoms with Gasteiger partial charge in [0.25, 0.3) is 0 Å². The zero-order chi connectivity index (χ0) is 13.2. The molecule has 1 aromatic rings. The fourth-order valence-corrected chi connectivity index (χ4v) is 1.83. The van der Waals surface area contributed by atoms with Gasteiger partial charge in [-0.3, -0.25) is 4.79 Å². The van der Waals surface area contributed by atoms with Gasteiger partial charge in [-0.2, -0.15) is 0 Å². The number of rotatable bonds is 4. The van der Waals surface area contributed by atoms with Crippen molar-refractivity contribution < 1.29 is 9.90 Å². The van der Waals surface area contributed by atoms with E-state index in [0.717, 1.165) is 5.69 Å². The van der Waals surface area contributed by atoms with Gasteiger partial charge in [-0.1, -0.05) is 6.07 Å². The summed E-state index contributed by atoms with van der Waals surface area (Å²) < 4.78 is 0. The van der Waals surface area contributed by atoms with Crippen molar-refractivity contribution in [2.45, 2.75) is 26.8 Å². The van der Waals surface area contributed by atoms with Crippen molar-refractivity contribution in [3.05, 3.63) is 28.8 Å². The van der Waals surface area contributed by atoms with E-state index in [4.69, 9.17) is 10.8 Å². The highest BCUT2D eigenvalue weighted by Crippen LogP contribution is 2.24. The maximum atomic E-state index is 10.7. The molecule has 94 valence electrons. The molecule has 0 saturated heterocycles. The number of carbonyl (C=O) groups is 1. The van der Waals surface area contributed by atoms with Crippen LogP contribution in [0.2, 0.25) is 0 Å². The van der Waals surface area contributed by atoms with E-state index in [1.807, 2.05) is 31.0 Å². The van der Waals surface area contributed by atoms with Crippen LogP contribution in [0.3, 0.4) is 0 Å². The Morgan fingerprint density at radius 2 is 1.94 bits per heavy atom. The topological polar surface area (TPSA) is 66.6 Å². The number of anilines is 1. The van der Waals surface area contributed by atoms with E-state index >= 15 is 0 Å². The van der Waals surface area contributed by atoms with Gasteiger partial charge in [-0.15, -0.1) is 0 Å². The number of aryl methyl sites for hydroxylation is 1. The molecule has 0 aromatic heterocycles. The Labute approximate surface area is 102 Å². The number of nitrogens with two attached hydrogens (primary N) is 1. The quantitative estimate of drug-likeness (QED) is 0.830. The van der Waals surface area contributed by atoms with E-state index in [-0.39, 0.29) is 0 Å². The molecule has 0 aliphatic heterocycles. The van der Waals surface area contributed by atoms with Gasteiger partial charge in [-0.25, -0.2) is 0 Å². The molecule has 1 unspecified atom stereocenters. The van der Waals surface area contributed by atoms with E-state index in [9.17, 15) is 4.79 Å². The molecule has 0 spiro atoms. The van der Waals surface area contributed by atoms with Crippen molar-refractivity contribution in [2.75, 3.05) is 18.5 Å². The standard InChI is InChI=1S/C13H20N2O2/c1-8-5-6-12(10(3)9(8)2)15(4)7-11(14)13(16)17/h5-6,11H,7,14H2,1-4H3,(H,16,17). The monoisotopic (exact) mass is 236 g/mol. The van der Waals surface area contributed by atoms with Crippen LogP contribution in [0.15, 0.2) is 12.1 Å². The zero-order valence-corrected chi connectivity index (χ0v) is 10.8. The van der Waals surface area contributed by atoms with Crippen molar-refractivity contribution >= 4 is 11.7 Å². The van der Waals surface area contributed by atoms with Crippen LogP contribution in [-0.4, -0.2) is 30.7 Å². The number of benzene rings is 1. The van der Waals surface area contributed by atoms with E-state index in [0.29, 0.717) is 6.54 Å². The van der Waals surface area contributed by atoms with Crippen molar-refractivity contribution in [2.24, 2.45) is 5.73 Å². The Balaban J connectivity index is 2.93. The number of likely N-dealkylation sites (N-methyl/N-ethyl adjacent to an activating group) is 1. The highest BCUT2D eigenvalue weighted by Gasteiger charge is 2.16. The maximum Gasteiger partial charge on any atom is 0.322 e. The lowest BCUT2D eigenvalue weighted by Crippen LogP contribution is -2.41. The summed E-state index contributed by atoms with van der Waals surface area (Å²) >= 11 is 0. The summed E-state index contributed by atoms with van der Waals surface area (Å²) in [4.78, 5) is 12.6. The highest BCUT2D eigenvalue weighted by atomic mass is 16.4. The van der Waals surface area contributed by atoms with Crippen LogP contribution in [0.25, 0.3) is 0 Å². The second-order valence-corrected chi connectivity index (χ2v) is 4.48. The minimum atomic E-state index is -0.974. The molecule has 4 nitrogen and oxygen atoms in total. The molecule has 0 heterocycles. The Hall–Kier alpha value is -1.55. The SMILES string of the molecule is Cc1ccc(N(C)CC(N)C(=O)O)c(C)c1C. The molecule has 0 amide bonds. The zero-order valence-electron chi connectivity index (χ0n) is 10.8. The summed E-state index contributed by atoms with van der Waals surface area (Å²) in [7, 11) is 1.86. The molecule has 0 fully saturated rings. The fraction of sp³-hybridized carbons (Fsp3) is 0.462. The van der Waals surface area contributed by atoms with E-state index in [1.54, 1.807) is 0 Å². The largest absolute Gasteiger partial charge is 0.480 e. The molecule has 1 atom stereocenters. The summed E-state index contributed by atoms with van der Waals surface area (Å²) in [6.45, 7) is 6.48. The van der Waals surface area contributed by atoms with E-state index in [2.05, 4.69) is 13.8 Å². The minimum Gasteiger partial charge on any atom is -0.480 e. The molecule has 0 aliphatic carbocycles. The molecule has 4 heteroatoms. The first-order chi connectivity index (χ1) is 7.84. The average Bonchev–Trinajstić information content (AvgIpc) is 2.25. The van der Waals surface area contributed by atoms with Crippen LogP contribution in [0, 0.1) is 20.8 Å². The number of hydrogen-bond acceptors (Lipinski definition) is 3. The number of aliphatic carboxylic acids is 1. The van der Waals surface area contributed by atoms with Crippen molar-refractivity contribution in [1.29, 1.82) is 0 Å². The predicted octanol–water partition coefficient (Wildman–Crippen LogP) is 1.46. The lowest BCUT2D eigenvalue weighted by atomic mass is 10.0. The van der Waals surface area contributed by atoms with Crippen molar-refractivity contribution in [3.8, 4) is 0 Å². The smallest absolute Gasteiger partial charge is 0.322 e. The summed E-state index contributed by atoms with van der Waals surface area (Å²) in [5, 5.41) is 8.79. The lowest BCUT2D eigenvalue weighted by molar-refractivity contribution is -0.138. The molecule has 0 saturated carbocycles. The van der Waals surface area contributed by atoms with Crippen molar-refractivity contribution in [1.82, 2.24) is 0 Å². The first-order valence-corrected chi connectivity index (χ1v) is 5.61. The van der Waals surface area contributed by atoms with E-state index in [1.165, 1.54) is 16.7 Å². The Morgan fingerprint density at radius 3 is 2.47 bits per heavy atom. The number of nitrogens with zero attached hydrogens (tertiary/aromatic N) is 1. The number of carboxylic acid groups (broad SMARTS) is 1. The Bertz CT molecular complexity index is 430. The molecular formula is C13H20N2O2. The van der Waals surface area contributed by atoms with Crippen molar-refractivity contribution in [3.63, 3.8) is 0 Å². The summed E-state index contributed by atoms with van der Waals surface area (Å²) in [5.74, 6) is -0.974. The van der Waals surface area contributed by atoms with Crippen LogP contribution in [0.5, 0.6) is 0 Å². The van der Waals surface area contributed by atoms with Gasteiger partial charge in [0.1, 0.15) is 6.04 Å². The van der Waals surface area contributed by atoms with Gasteiger partial charge in [0.2, 0.25) is 0 Å². The molecule has 1 aromatic carbocycles. The normalized spacial score (nSPS) is 12.3. The third-order valence-corrected chi connectivity index (χ3v) is 3.23. The molecule has 3 N–H and O–H groups in total. The predicted molar refractivity (Wildman–Crippen MR) is 69.5 cm³/mol. The van der Waals surface area contributed by atoms with Gasteiger partial charge in [-0.05, 0) is 43.5 Å². The number of carboxylic acids is 1. The molecular weight excluding hydrogens is 216 g/mol. The van der Waals surface area contributed by atoms with Gasteiger partial charge >= 0.3 is 5.97 Å². The van der Waals surface area contributed by atoms with Crippen LogP contribution >= 0.6 is 0 Å². The van der Waals surface area contributed by atoms with Crippen LogP contribution in [0.1, 0.15) is 16.7 Å². The summed E-state index contributed by atoms with van der Waals surface area (Å²) in [5.41, 5.74) is 10.2. The second kappa shape index (κ2) is 5.19. The second-order valence-electron chi connectivity index (χ2n) is 4.48. The molecule has 1 rings (SSSR count). The molecule has 0 bridgehead atoms.